The summed E-state index contributed by atoms with van der Waals surface area (Å²) in [6, 6.07) is 0. The van der Waals surface area contributed by atoms with E-state index >= 15 is 0 Å². The molecule has 7 heteroatoms. The van der Waals surface area contributed by atoms with Crippen LogP contribution in [0.25, 0.3) is 0 Å². The summed E-state index contributed by atoms with van der Waals surface area (Å²) in [5.41, 5.74) is 4.97. The maximum Gasteiger partial charge on any atom is 0.323 e. The Kier molecular flexibility index (Phi) is 4.45. The summed E-state index contributed by atoms with van der Waals surface area (Å²) in [7, 11) is 0. The SMILES string of the molecule is CC1CCC(C(=O)N(CC(N)=O)CC(=O)O)O1. The number of carbonyl (C=O) groups is 3. The minimum atomic E-state index is -1.19. The van der Waals surface area contributed by atoms with Crippen LogP contribution in [0, 0.1) is 0 Å². The van der Waals surface area contributed by atoms with Crippen LogP contribution in [0.3, 0.4) is 0 Å². The van der Waals surface area contributed by atoms with Crippen LogP contribution in [0.4, 0.5) is 0 Å². The summed E-state index contributed by atoms with van der Waals surface area (Å²) >= 11 is 0. The maximum absolute atomic E-state index is 11.9. The molecule has 1 aliphatic rings. The van der Waals surface area contributed by atoms with E-state index in [4.69, 9.17) is 15.6 Å². The first-order valence-corrected chi connectivity index (χ1v) is 5.34. The van der Waals surface area contributed by atoms with Crippen LogP contribution in [0.15, 0.2) is 0 Å². The van der Waals surface area contributed by atoms with Crippen molar-refractivity contribution in [3.8, 4) is 0 Å². The van der Waals surface area contributed by atoms with Crippen molar-refractivity contribution in [2.45, 2.75) is 32.0 Å². The predicted molar refractivity (Wildman–Crippen MR) is 57.0 cm³/mol. The van der Waals surface area contributed by atoms with Crippen LogP contribution in [-0.4, -0.2) is 53.1 Å². The van der Waals surface area contributed by atoms with Gasteiger partial charge in [0.05, 0.1) is 6.10 Å². The third-order valence-corrected chi connectivity index (χ3v) is 2.49. The van der Waals surface area contributed by atoms with Gasteiger partial charge in [0.25, 0.3) is 5.91 Å². The molecule has 1 rings (SSSR count). The van der Waals surface area contributed by atoms with E-state index < -0.39 is 37.0 Å². The molecule has 17 heavy (non-hydrogen) atoms. The van der Waals surface area contributed by atoms with Crippen molar-refractivity contribution in [2.75, 3.05) is 13.1 Å². The zero-order valence-corrected chi connectivity index (χ0v) is 9.59. The molecule has 0 aliphatic carbocycles. The molecule has 1 heterocycles. The molecule has 7 nitrogen and oxygen atoms in total. The highest BCUT2D eigenvalue weighted by Crippen LogP contribution is 2.20. The molecular formula is C10H16N2O5. The number of carboxylic acid groups (broad SMARTS) is 1. The van der Waals surface area contributed by atoms with Gasteiger partial charge in [0.15, 0.2) is 0 Å². The molecule has 2 unspecified atom stereocenters. The molecule has 0 bridgehead atoms. The standard InChI is InChI=1S/C10H16N2O5/c1-6-2-3-7(17-6)10(16)12(4-8(11)13)5-9(14)15/h6-7H,2-5H2,1H3,(H2,11,13)(H,14,15). The molecule has 0 aromatic heterocycles. The quantitative estimate of drug-likeness (QED) is 0.641. The molecule has 1 saturated heterocycles. The Morgan fingerprint density at radius 3 is 2.41 bits per heavy atom. The van der Waals surface area contributed by atoms with E-state index in [-0.39, 0.29) is 6.10 Å². The van der Waals surface area contributed by atoms with E-state index in [0.717, 1.165) is 11.3 Å². The van der Waals surface area contributed by atoms with E-state index in [1.165, 1.54) is 0 Å². The Labute approximate surface area is 98.5 Å². The number of nitrogens with two attached hydrogens (primary N) is 1. The minimum absolute atomic E-state index is 0.0239. The molecule has 0 aromatic rings. The van der Waals surface area contributed by atoms with E-state index in [2.05, 4.69) is 0 Å². The molecule has 0 radical (unpaired) electrons. The number of ether oxygens (including phenoxy) is 1. The zero-order chi connectivity index (χ0) is 13.0. The van der Waals surface area contributed by atoms with Crippen molar-refractivity contribution >= 4 is 17.8 Å². The molecule has 0 aromatic carbocycles. The number of aliphatic carboxylic acids is 1. The van der Waals surface area contributed by atoms with Crippen LogP contribution in [0.1, 0.15) is 19.8 Å². The highest BCUT2D eigenvalue weighted by molar-refractivity contribution is 5.89. The van der Waals surface area contributed by atoms with Crippen molar-refractivity contribution < 1.29 is 24.2 Å². The molecule has 3 N–H and O–H groups in total. The van der Waals surface area contributed by atoms with Gasteiger partial charge in [0.2, 0.25) is 5.91 Å². The molecule has 0 spiro atoms. The van der Waals surface area contributed by atoms with Crippen LogP contribution in [0.2, 0.25) is 0 Å². The van der Waals surface area contributed by atoms with Crippen molar-refractivity contribution in [3.05, 3.63) is 0 Å². The number of rotatable bonds is 5. The van der Waals surface area contributed by atoms with Crippen LogP contribution in [-0.2, 0) is 19.1 Å². The summed E-state index contributed by atoms with van der Waals surface area (Å²) in [4.78, 5) is 34.2. The van der Waals surface area contributed by atoms with Gasteiger partial charge in [-0.15, -0.1) is 0 Å². The second kappa shape index (κ2) is 5.62. The average molecular weight is 244 g/mol. The number of nitrogens with zero attached hydrogens (tertiary/aromatic N) is 1. The Hall–Kier alpha value is -1.63. The summed E-state index contributed by atoms with van der Waals surface area (Å²) in [6.45, 7) is 0.887. The number of hydrogen-bond donors (Lipinski definition) is 2. The van der Waals surface area contributed by atoms with E-state index in [9.17, 15) is 14.4 Å². The Bertz CT molecular complexity index is 315. The number of primary amides is 1. The lowest BCUT2D eigenvalue weighted by Crippen LogP contribution is -2.46. The third-order valence-electron chi connectivity index (χ3n) is 2.49. The van der Waals surface area contributed by atoms with E-state index in [1.54, 1.807) is 0 Å². The largest absolute Gasteiger partial charge is 0.480 e. The van der Waals surface area contributed by atoms with Gasteiger partial charge < -0.3 is 20.5 Å². The van der Waals surface area contributed by atoms with Crippen molar-refractivity contribution in [3.63, 3.8) is 0 Å². The molecule has 1 fully saturated rings. The lowest BCUT2D eigenvalue weighted by atomic mass is 10.2. The van der Waals surface area contributed by atoms with Crippen LogP contribution < -0.4 is 5.73 Å². The van der Waals surface area contributed by atoms with Gasteiger partial charge in [-0.3, -0.25) is 14.4 Å². The van der Waals surface area contributed by atoms with Gasteiger partial charge in [-0.1, -0.05) is 0 Å². The highest BCUT2D eigenvalue weighted by Gasteiger charge is 2.32. The van der Waals surface area contributed by atoms with Gasteiger partial charge in [0, 0.05) is 0 Å². The third kappa shape index (κ3) is 4.03. The zero-order valence-electron chi connectivity index (χ0n) is 9.59. The lowest BCUT2D eigenvalue weighted by molar-refractivity contribution is -0.151. The molecule has 96 valence electrons. The highest BCUT2D eigenvalue weighted by atomic mass is 16.5. The fraction of sp³-hybridized carbons (Fsp3) is 0.700. The molecule has 2 atom stereocenters. The fourth-order valence-electron chi connectivity index (χ4n) is 1.75. The predicted octanol–water partition coefficient (Wildman–Crippen LogP) is -1.05. The van der Waals surface area contributed by atoms with Gasteiger partial charge in [-0.25, -0.2) is 0 Å². The average Bonchev–Trinajstić information content (AvgIpc) is 2.61. The first kappa shape index (κ1) is 13.4. The molecule has 2 amide bonds. The molecular weight excluding hydrogens is 228 g/mol. The summed E-state index contributed by atoms with van der Waals surface area (Å²) in [5, 5.41) is 8.65. The summed E-state index contributed by atoms with van der Waals surface area (Å²) < 4.78 is 5.33. The van der Waals surface area contributed by atoms with Gasteiger partial charge in [-0.2, -0.15) is 0 Å². The number of carbonyl (C=O) groups excluding carboxylic acids is 2. The first-order valence-electron chi connectivity index (χ1n) is 5.34. The van der Waals surface area contributed by atoms with Crippen molar-refractivity contribution in [2.24, 2.45) is 5.73 Å². The van der Waals surface area contributed by atoms with Crippen molar-refractivity contribution in [1.29, 1.82) is 0 Å². The number of amides is 2. The Morgan fingerprint density at radius 2 is 2.00 bits per heavy atom. The number of hydrogen-bond acceptors (Lipinski definition) is 4. The molecule has 0 saturated carbocycles. The van der Waals surface area contributed by atoms with E-state index in [0.29, 0.717) is 6.42 Å². The second-order valence-corrected chi connectivity index (χ2v) is 4.07. The maximum atomic E-state index is 11.9. The first-order chi connectivity index (χ1) is 7.90. The topological polar surface area (TPSA) is 110 Å². The smallest absolute Gasteiger partial charge is 0.323 e. The van der Waals surface area contributed by atoms with Gasteiger partial charge in [-0.05, 0) is 19.8 Å². The monoisotopic (exact) mass is 244 g/mol. The van der Waals surface area contributed by atoms with Crippen LogP contribution >= 0.6 is 0 Å². The Balaban J connectivity index is 2.64. The summed E-state index contributed by atoms with van der Waals surface area (Å²) in [5.74, 6) is -2.42. The lowest BCUT2D eigenvalue weighted by Gasteiger charge is -2.22. The second-order valence-electron chi connectivity index (χ2n) is 4.07. The molecule has 1 aliphatic heterocycles. The minimum Gasteiger partial charge on any atom is -0.480 e. The fourth-order valence-corrected chi connectivity index (χ4v) is 1.75. The Morgan fingerprint density at radius 1 is 1.35 bits per heavy atom. The van der Waals surface area contributed by atoms with Gasteiger partial charge in [0.1, 0.15) is 19.2 Å². The van der Waals surface area contributed by atoms with Gasteiger partial charge >= 0.3 is 5.97 Å². The normalized spacial score (nSPS) is 23.4. The van der Waals surface area contributed by atoms with Crippen molar-refractivity contribution in [1.82, 2.24) is 4.90 Å². The van der Waals surface area contributed by atoms with E-state index in [1.807, 2.05) is 6.92 Å². The number of carboxylic acids is 1. The van der Waals surface area contributed by atoms with Crippen LogP contribution in [0.5, 0.6) is 0 Å². The summed E-state index contributed by atoms with van der Waals surface area (Å²) in [6.07, 6.45) is 0.593.